The molecule has 350 valence electrons. The summed E-state index contributed by atoms with van der Waals surface area (Å²) in [4.78, 5) is 81.5. The number of benzene rings is 2. The van der Waals surface area contributed by atoms with Gasteiger partial charge in [0.15, 0.2) is 0 Å². The monoisotopic (exact) mass is 905 g/mol. The number of anilines is 1. The molecule has 3 amide bonds. The van der Waals surface area contributed by atoms with Crippen LogP contribution in [0.2, 0.25) is 0 Å². The van der Waals surface area contributed by atoms with Crippen molar-refractivity contribution >= 4 is 58.0 Å². The molecule has 0 saturated carbocycles. The topological polar surface area (TPSA) is 244 Å². The van der Waals surface area contributed by atoms with Crippen LogP contribution in [0.15, 0.2) is 47.5 Å². The molecular weight excluding hydrogens is 843 g/mol. The van der Waals surface area contributed by atoms with Crippen molar-refractivity contribution in [1.82, 2.24) is 14.3 Å². The summed E-state index contributed by atoms with van der Waals surface area (Å²) in [6, 6.07) is 8.28. The van der Waals surface area contributed by atoms with Gasteiger partial charge < -0.3 is 33.7 Å². The van der Waals surface area contributed by atoms with E-state index in [1.165, 1.54) is 63.2 Å². The van der Waals surface area contributed by atoms with E-state index in [1.54, 1.807) is 90.0 Å². The lowest BCUT2D eigenvalue weighted by atomic mass is 10.1. The van der Waals surface area contributed by atoms with Gasteiger partial charge in [0, 0.05) is 5.69 Å². The summed E-state index contributed by atoms with van der Waals surface area (Å²) in [5.41, 5.74) is -3.81. The van der Waals surface area contributed by atoms with E-state index >= 15 is 0 Å². The normalized spacial score (nSPS) is 13.2. The Morgan fingerprint density at radius 1 is 0.683 bits per heavy atom. The largest absolute Gasteiger partial charge is 0.460 e. The van der Waals surface area contributed by atoms with Crippen LogP contribution in [-0.4, -0.2) is 88.9 Å². The van der Waals surface area contributed by atoms with Gasteiger partial charge in [0.1, 0.15) is 39.8 Å². The zero-order chi connectivity index (χ0) is 48.5. The van der Waals surface area contributed by atoms with Gasteiger partial charge in [-0.2, -0.15) is 17.4 Å². The predicted octanol–water partition coefficient (Wildman–Crippen LogP) is 7.46. The standard InChI is InChI=1S/C43H63N5O14S/c1-26-23-27(25-48(38(54)62-43(14,15)16)63(55,56)47-30(34(51)59-40(5,6)7)24-32(49)58-39(2,3)4)17-22-31(26)57-33(50)28-18-20-29(21-19-28)44-35(45-36(52)60-41(8,9)10)46-37(53)61-42(11,12)13/h17-23,30,47H,24-25H2,1-16H3,(H2,44,45,46,52,53). The highest BCUT2D eigenvalue weighted by Gasteiger charge is 2.38. The van der Waals surface area contributed by atoms with Crippen LogP contribution in [0.1, 0.15) is 132 Å². The van der Waals surface area contributed by atoms with Gasteiger partial charge in [-0.1, -0.05) is 12.1 Å². The Hall–Kier alpha value is -5.76. The second-order valence-corrected chi connectivity index (χ2v) is 20.9. The van der Waals surface area contributed by atoms with Gasteiger partial charge >= 0.3 is 46.4 Å². The van der Waals surface area contributed by atoms with Crippen molar-refractivity contribution < 1.29 is 65.6 Å². The summed E-state index contributed by atoms with van der Waals surface area (Å²) in [6.45, 7) is 25.0. The number of rotatable bonds is 11. The molecule has 0 fully saturated rings. The third kappa shape index (κ3) is 20.8. The molecule has 63 heavy (non-hydrogen) atoms. The average molecular weight is 906 g/mol. The summed E-state index contributed by atoms with van der Waals surface area (Å²) in [6.07, 6.45) is -3.91. The van der Waals surface area contributed by atoms with Crippen molar-refractivity contribution in [3.05, 3.63) is 59.2 Å². The lowest BCUT2D eigenvalue weighted by Gasteiger charge is -2.30. The van der Waals surface area contributed by atoms with Crippen molar-refractivity contribution in [2.45, 2.75) is 158 Å². The van der Waals surface area contributed by atoms with Crippen LogP contribution in [-0.2, 0) is 50.0 Å². The Kier molecular flexibility index (Phi) is 17.5. The second kappa shape index (κ2) is 20.6. The number of carbonyl (C=O) groups excluding carboxylic acids is 6. The number of alkyl carbamates (subject to hydrolysis) is 1. The maximum atomic E-state index is 14.0. The van der Waals surface area contributed by atoms with E-state index < -0.39 is 93.4 Å². The fourth-order valence-electron chi connectivity index (χ4n) is 4.84. The Balaban J connectivity index is 2.37. The molecule has 0 aliphatic carbocycles. The number of esters is 3. The van der Waals surface area contributed by atoms with Crippen LogP contribution in [0.5, 0.6) is 5.75 Å². The zero-order valence-electron chi connectivity index (χ0n) is 39.1. The summed E-state index contributed by atoms with van der Waals surface area (Å²) >= 11 is 0. The Morgan fingerprint density at radius 3 is 1.70 bits per heavy atom. The van der Waals surface area contributed by atoms with E-state index in [1.807, 2.05) is 0 Å². The van der Waals surface area contributed by atoms with E-state index in [4.69, 9.17) is 28.4 Å². The van der Waals surface area contributed by atoms with Gasteiger partial charge in [-0.3, -0.25) is 14.9 Å². The van der Waals surface area contributed by atoms with Crippen LogP contribution in [0, 0.1) is 6.92 Å². The first-order valence-electron chi connectivity index (χ1n) is 19.9. The molecule has 1 atom stereocenters. The molecule has 2 rings (SSSR count). The summed E-state index contributed by atoms with van der Waals surface area (Å²) in [5.74, 6) is -2.95. The average Bonchev–Trinajstić information content (AvgIpc) is 3.03. The van der Waals surface area contributed by atoms with E-state index in [-0.39, 0.29) is 22.8 Å². The lowest BCUT2D eigenvalue weighted by molar-refractivity contribution is -0.164. The van der Waals surface area contributed by atoms with E-state index in [0.29, 0.717) is 15.6 Å². The third-order valence-corrected chi connectivity index (χ3v) is 8.47. The quantitative estimate of drug-likeness (QED) is 0.0652. The van der Waals surface area contributed by atoms with Gasteiger partial charge in [0.25, 0.3) is 0 Å². The maximum absolute atomic E-state index is 14.0. The Morgan fingerprint density at radius 2 is 1.21 bits per heavy atom. The number of guanidine groups is 1. The van der Waals surface area contributed by atoms with Gasteiger partial charge in [-0.25, -0.2) is 19.2 Å². The SMILES string of the molecule is Cc1cc(CN(C(=O)OC(C)(C)C)S(=O)(=O)NC(CC(=O)OC(C)(C)C)C(=O)OC(C)(C)C)ccc1OC(=O)c1ccc(NC(=NC(=O)OC(C)(C)C)NC(=O)OC(C)(C)C)cc1. The first-order chi connectivity index (χ1) is 28.4. The number of aliphatic imine (C=N–C) groups is 1. The number of nitrogens with one attached hydrogen (secondary N) is 3. The van der Waals surface area contributed by atoms with Crippen LogP contribution in [0.3, 0.4) is 0 Å². The molecule has 0 heterocycles. The van der Waals surface area contributed by atoms with Crippen LogP contribution >= 0.6 is 0 Å². The fraction of sp³-hybridized carbons (Fsp3) is 0.558. The smallest absolute Gasteiger partial charge is 0.437 e. The molecule has 3 N–H and O–H groups in total. The maximum Gasteiger partial charge on any atom is 0.437 e. The fourth-order valence-corrected chi connectivity index (χ4v) is 6.06. The molecule has 0 aliphatic rings. The molecular formula is C43H63N5O14S. The number of ether oxygens (including phenoxy) is 6. The van der Waals surface area contributed by atoms with Gasteiger partial charge in [-0.05, 0) is 152 Å². The molecule has 2 aromatic carbocycles. The molecule has 0 aliphatic heterocycles. The summed E-state index contributed by atoms with van der Waals surface area (Å²) in [7, 11) is -4.95. The van der Waals surface area contributed by atoms with Crippen LogP contribution in [0.25, 0.3) is 0 Å². The molecule has 0 saturated heterocycles. The number of hydrogen-bond acceptors (Lipinski definition) is 14. The summed E-state index contributed by atoms with van der Waals surface area (Å²) < 4.78 is 62.7. The van der Waals surface area contributed by atoms with E-state index in [9.17, 15) is 37.2 Å². The van der Waals surface area contributed by atoms with Crippen LogP contribution in [0.4, 0.5) is 20.1 Å². The highest BCUT2D eigenvalue weighted by atomic mass is 32.2. The first-order valence-corrected chi connectivity index (χ1v) is 21.3. The number of hydrogen-bond donors (Lipinski definition) is 3. The van der Waals surface area contributed by atoms with Crippen LogP contribution < -0.4 is 20.1 Å². The number of amides is 3. The highest BCUT2D eigenvalue weighted by molar-refractivity contribution is 7.87. The molecule has 2 aromatic rings. The van der Waals surface area contributed by atoms with Crippen molar-refractivity contribution in [3.63, 3.8) is 0 Å². The molecule has 0 radical (unpaired) electrons. The second-order valence-electron chi connectivity index (χ2n) is 19.2. The minimum atomic E-state index is -4.95. The molecule has 0 spiro atoms. The number of carbonyl (C=O) groups is 6. The predicted molar refractivity (Wildman–Crippen MR) is 233 cm³/mol. The van der Waals surface area contributed by atoms with Crippen molar-refractivity contribution in [1.29, 1.82) is 0 Å². The van der Waals surface area contributed by atoms with Gasteiger partial charge in [0.05, 0.1) is 18.5 Å². The molecule has 20 heteroatoms. The molecule has 1 unspecified atom stereocenters. The first kappa shape index (κ1) is 53.4. The number of nitrogens with zero attached hydrogens (tertiary/aromatic N) is 2. The summed E-state index contributed by atoms with van der Waals surface area (Å²) in [5, 5.41) is 5.16. The Labute approximate surface area is 370 Å². The van der Waals surface area contributed by atoms with Crippen molar-refractivity contribution in [2.24, 2.45) is 4.99 Å². The molecule has 19 nitrogen and oxygen atoms in total. The number of aryl methyl sites for hydroxylation is 1. The van der Waals surface area contributed by atoms with E-state index in [2.05, 4.69) is 20.3 Å². The Bertz CT molecular complexity index is 2140. The zero-order valence-corrected chi connectivity index (χ0v) is 39.9. The van der Waals surface area contributed by atoms with Crippen molar-refractivity contribution in [2.75, 3.05) is 5.32 Å². The lowest BCUT2D eigenvalue weighted by Crippen LogP contribution is -2.53. The van der Waals surface area contributed by atoms with E-state index in [0.717, 1.165) is 0 Å². The third-order valence-electron chi connectivity index (χ3n) is 7.03. The van der Waals surface area contributed by atoms with Gasteiger partial charge in [0.2, 0.25) is 5.96 Å². The minimum absolute atomic E-state index is 0.103. The molecule has 0 bridgehead atoms. The van der Waals surface area contributed by atoms with Gasteiger partial charge in [-0.15, -0.1) is 4.99 Å². The minimum Gasteiger partial charge on any atom is -0.460 e. The molecule has 0 aromatic heterocycles. The highest BCUT2D eigenvalue weighted by Crippen LogP contribution is 2.24. The van der Waals surface area contributed by atoms with Crippen molar-refractivity contribution in [3.8, 4) is 5.75 Å².